The van der Waals surface area contributed by atoms with Crippen molar-refractivity contribution in [3.8, 4) is 17.2 Å². The van der Waals surface area contributed by atoms with E-state index >= 15 is 0 Å². The van der Waals surface area contributed by atoms with Crippen LogP contribution in [0.25, 0.3) is 10.9 Å². The average molecular weight is 401 g/mol. The first-order chi connectivity index (χ1) is 14.7. The van der Waals surface area contributed by atoms with E-state index in [1.54, 1.807) is 18.7 Å². The molecule has 0 aliphatic rings. The summed E-state index contributed by atoms with van der Waals surface area (Å²) >= 11 is 0. The number of rotatable bonds is 7. The number of ether oxygens (including phenoxy) is 3. The number of pyridine rings is 1. The fourth-order valence-electron chi connectivity index (χ4n) is 3.35. The molecule has 0 radical (unpaired) electrons. The molecule has 0 spiro atoms. The summed E-state index contributed by atoms with van der Waals surface area (Å²) in [6, 6.07) is 25.3. The number of hydrogen-bond acceptors (Lipinski definition) is 4. The Hall–Kier alpha value is -3.73. The SMILES string of the molecule is COc1c(OCc2ccccc2)c(=O)n(C)c2cc(OCc3ccccc3)ccc12. The summed E-state index contributed by atoms with van der Waals surface area (Å²) in [5.41, 5.74) is 2.52. The summed E-state index contributed by atoms with van der Waals surface area (Å²) < 4.78 is 18.9. The predicted octanol–water partition coefficient (Wildman–Crippen LogP) is 4.71. The lowest BCUT2D eigenvalue weighted by atomic mass is 10.1. The van der Waals surface area contributed by atoms with Crippen LogP contribution < -0.4 is 19.8 Å². The summed E-state index contributed by atoms with van der Waals surface area (Å²) in [5, 5.41) is 0.787. The third-order valence-corrected chi connectivity index (χ3v) is 4.96. The summed E-state index contributed by atoms with van der Waals surface area (Å²) in [7, 11) is 3.27. The number of benzene rings is 3. The molecule has 152 valence electrons. The molecule has 0 saturated heterocycles. The molecule has 30 heavy (non-hydrogen) atoms. The van der Waals surface area contributed by atoms with E-state index < -0.39 is 0 Å². The van der Waals surface area contributed by atoms with Crippen LogP contribution in [0.15, 0.2) is 83.7 Å². The first-order valence-electron chi connectivity index (χ1n) is 9.71. The van der Waals surface area contributed by atoms with Gasteiger partial charge in [-0.05, 0) is 23.3 Å². The number of aryl methyl sites for hydroxylation is 1. The van der Waals surface area contributed by atoms with E-state index in [2.05, 4.69) is 0 Å². The summed E-state index contributed by atoms with van der Waals surface area (Å²) in [4.78, 5) is 13.0. The Morgan fingerprint density at radius 1 is 0.767 bits per heavy atom. The fraction of sp³-hybridized carbons (Fsp3) is 0.160. The van der Waals surface area contributed by atoms with Crippen molar-refractivity contribution < 1.29 is 14.2 Å². The zero-order chi connectivity index (χ0) is 20.9. The maximum atomic E-state index is 13.0. The molecule has 0 fully saturated rings. The topological polar surface area (TPSA) is 49.7 Å². The van der Waals surface area contributed by atoms with Gasteiger partial charge < -0.3 is 18.8 Å². The van der Waals surface area contributed by atoms with Crippen LogP contribution in [-0.4, -0.2) is 11.7 Å². The van der Waals surface area contributed by atoms with Gasteiger partial charge in [-0.3, -0.25) is 4.79 Å². The molecule has 1 aromatic heterocycles. The van der Waals surface area contributed by atoms with Gasteiger partial charge in [-0.25, -0.2) is 0 Å². The van der Waals surface area contributed by atoms with Crippen molar-refractivity contribution in [1.29, 1.82) is 0 Å². The van der Waals surface area contributed by atoms with Crippen LogP contribution in [0, 0.1) is 0 Å². The Labute approximate surface area is 175 Å². The minimum atomic E-state index is -0.254. The minimum absolute atomic E-state index is 0.203. The van der Waals surface area contributed by atoms with E-state index in [9.17, 15) is 4.79 Å². The molecular formula is C25H23NO4. The first-order valence-corrected chi connectivity index (χ1v) is 9.71. The molecule has 4 aromatic rings. The molecule has 3 aromatic carbocycles. The van der Waals surface area contributed by atoms with Gasteiger partial charge in [0.15, 0.2) is 5.75 Å². The van der Waals surface area contributed by atoms with Gasteiger partial charge in [-0.2, -0.15) is 0 Å². The largest absolute Gasteiger partial charge is 0.492 e. The molecule has 0 saturated carbocycles. The smallest absolute Gasteiger partial charge is 0.297 e. The van der Waals surface area contributed by atoms with E-state index in [4.69, 9.17) is 14.2 Å². The third-order valence-electron chi connectivity index (χ3n) is 4.96. The van der Waals surface area contributed by atoms with Gasteiger partial charge >= 0.3 is 0 Å². The highest BCUT2D eigenvalue weighted by Gasteiger charge is 2.18. The highest BCUT2D eigenvalue weighted by atomic mass is 16.5. The lowest BCUT2D eigenvalue weighted by molar-refractivity contribution is 0.280. The second-order valence-electron chi connectivity index (χ2n) is 6.95. The Balaban J connectivity index is 1.66. The molecule has 1 heterocycles. The van der Waals surface area contributed by atoms with Crippen LogP contribution in [-0.2, 0) is 20.3 Å². The van der Waals surface area contributed by atoms with Crippen molar-refractivity contribution in [2.24, 2.45) is 7.05 Å². The minimum Gasteiger partial charge on any atom is -0.492 e. The van der Waals surface area contributed by atoms with Gasteiger partial charge in [0.05, 0.1) is 12.6 Å². The molecule has 0 atom stereocenters. The van der Waals surface area contributed by atoms with Crippen LogP contribution >= 0.6 is 0 Å². The van der Waals surface area contributed by atoms with Crippen molar-refractivity contribution in [3.63, 3.8) is 0 Å². The molecule has 0 amide bonds. The van der Waals surface area contributed by atoms with Crippen LogP contribution in [0.2, 0.25) is 0 Å². The highest BCUT2D eigenvalue weighted by molar-refractivity contribution is 5.89. The molecule has 0 aliphatic heterocycles. The summed E-state index contributed by atoms with van der Waals surface area (Å²) in [6.07, 6.45) is 0. The Morgan fingerprint density at radius 2 is 1.37 bits per heavy atom. The standard InChI is InChI=1S/C25H23NO4/c1-26-22-15-20(29-16-18-9-5-3-6-10-18)13-14-21(22)23(28-2)24(25(26)27)30-17-19-11-7-4-8-12-19/h3-15H,16-17H2,1-2H3. The highest BCUT2D eigenvalue weighted by Crippen LogP contribution is 2.34. The zero-order valence-corrected chi connectivity index (χ0v) is 17.0. The van der Waals surface area contributed by atoms with Crippen LogP contribution in [0.1, 0.15) is 11.1 Å². The molecule has 5 nitrogen and oxygen atoms in total. The van der Waals surface area contributed by atoms with Crippen LogP contribution in [0.4, 0.5) is 0 Å². The summed E-state index contributed by atoms with van der Waals surface area (Å²) in [5.74, 6) is 1.31. The molecule has 0 bridgehead atoms. The third kappa shape index (κ3) is 4.01. The summed E-state index contributed by atoms with van der Waals surface area (Å²) in [6.45, 7) is 0.742. The number of fused-ring (bicyclic) bond motifs is 1. The zero-order valence-electron chi connectivity index (χ0n) is 17.0. The van der Waals surface area contributed by atoms with E-state index in [-0.39, 0.29) is 17.9 Å². The lowest BCUT2D eigenvalue weighted by Gasteiger charge is -2.16. The fourth-order valence-corrected chi connectivity index (χ4v) is 3.35. The second kappa shape index (κ2) is 8.74. The second-order valence-corrected chi connectivity index (χ2v) is 6.95. The van der Waals surface area contributed by atoms with Crippen molar-refractivity contribution in [2.45, 2.75) is 13.2 Å². The average Bonchev–Trinajstić information content (AvgIpc) is 2.80. The van der Waals surface area contributed by atoms with Gasteiger partial charge in [0.1, 0.15) is 19.0 Å². The number of aromatic nitrogens is 1. The van der Waals surface area contributed by atoms with E-state index in [0.29, 0.717) is 18.1 Å². The van der Waals surface area contributed by atoms with E-state index in [1.807, 2.05) is 78.9 Å². The normalized spacial score (nSPS) is 10.7. The maximum Gasteiger partial charge on any atom is 0.297 e. The van der Waals surface area contributed by atoms with E-state index in [1.165, 1.54) is 0 Å². The van der Waals surface area contributed by atoms with Gasteiger partial charge in [0, 0.05) is 18.5 Å². The van der Waals surface area contributed by atoms with E-state index in [0.717, 1.165) is 22.0 Å². The van der Waals surface area contributed by atoms with Gasteiger partial charge in [0.25, 0.3) is 5.56 Å². The molecule has 5 heteroatoms. The van der Waals surface area contributed by atoms with Crippen LogP contribution in [0.3, 0.4) is 0 Å². The quantitative estimate of drug-likeness (QED) is 0.450. The number of hydrogen-bond donors (Lipinski definition) is 0. The van der Waals surface area contributed by atoms with Crippen molar-refractivity contribution >= 4 is 10.9 Å². The molecule has 0 N–H and O–H groups in total. The van der Waals surface area contributed by atoms with Crippen molar-refractivity contribution in [1.82, 2.24) is 4.57 Å². The number of nitrogens with zero attached hydrogens (tertiary/aromatic N) is 1. The van der Waals surface area contributed by atoms with Gasteiger partial charge in [-0.15, -0.1) is 0 Å². The lowest BCUT2D eigenvalue weighted by Crippen LogP contribution is -2.20. The van der Waals surface area contributed by atoms with Gasteiger partial charge in [0.2, 0.25) is 5.75 Å². The first kappa shape index (κ1) is 19.6. The Morgan fingerprint density at radius 3 is 1.97 bits per heavy atom. The van der Waals surface area contributed by atoms with Crippen molar-refractivity contribution in [3.05, 3.63) is 100 Å². The molecule has 0 aliphatic carbocycles. The molecule has 0 unspecified atom stereocenters. The van der Waals surface area contributed by atoms with Crippen LogP contribution in [0.5, 0.6) is 17.2 Å². The Kier molecular flexibility index (Phi) is 5.70. The Bertz CT molecular complexity index is 1200. The van der Waals surface area contributed by atoms with Gasteiger partial charge in [-0.1, -0.05) is 60.7 Å². The predicted molar refractivity (Wildman–Crippen MR) is 117 cm³/mol. The maximum absolute atomic E-state index is 13.0. The molecule has 4 rings (SSSR count). The molecular weight excluding hydrogens is 378 g/mol. The number of methoxy groups -OCH3 is 1. The monoisotopic (exact) mass is 401 g/mol. The van der Waals surface area contributed by atoms with Crippen molar-refractivity contribution in [2.75, 3.05) is 7.11 Å².